The minimum absolute atomic E-state index is 0.168. The molecule has 8 nitrogen and oxygen atoms in total. The van der Waals surface area contributed by atoms with E-state index >= 15 is 0 Å². The number of carbonyl (C=O) groups is 1. The lowest BCUT2D eigenvalue weighted by atomic mass is 9.84. The molecule has 1 amide bonds. The molecule has 4 rings (SSSR count). The maximum Gasteiger partial charge on any atom is 0.274 e. The Bertz CT molecular complexity index is 1010. The van der Waals surface area contributed by atoms with Gasteiger partial charge in [-0.3, -0.25) is 15.2 Å². The Morgan fingerprint density at radius 2 is 2.12 bits per heavy atom. The molecule has 2 aliphatic rings. The number of hydrogen-bond donors (Lipinski definition) is 3. The van der Waals surface area contributed by atoms with E-state index in [-0.39, 0.29) is 23.0 Å². The average Bonchev–Trinajstić information content (AvgIpc) is 2.79. The van der Waals surface area contributed by atoms with Gasteiger partial charge < -0.3 is 20.7 Å². The van der Waals surface area contributed by atoms with E-state index in [0.29, 0.717) is 24.0 Å². The molecule has 0 spiro atoms. The first-order valence-corrected chi connectivity index (χ1v) is 11.9. The van der Waals surface area contributed by atoms with E-state index < -0.39 is 6.10 Å². The zero-order valence-corrected chi connectivity index (χ0v) is 19.5. The van der Waals surface area contributed by atoms with Gasteiger partial charge in [0.15, 0.2) is 0 Å². The fraction of sp³-hybridized carbons (Fsp3) is 0.520. The molecule has 3 atom stereocenters. The Hall–Kier alpha value is -3.00. The molecule has 1 aromatic carbocycles. The Labute approximate surface area is 195 Å². The second-order valence-electron chi connectivity index (χ2n) is 9.51. The number of nitrogen functional groups attached to an aromatic ring is 1. The van der Waals surface area contributed by atoms with E-state index in [1.807, 2.05) is 24.3 Å². The summed E-state index contributed by atoms with van der Waals surface area (Å²) in [7, 11) is 0. The van der Waals surface area contributed by atoms with E-state index in [1.54, 1.807) is 4.90 Å². The first kappa shape index (κ1) is 23.2. The van der Waals surface area contributed by atoms with Crippen molar-refractivity contribution in [3.63, 3.8) is 0 Å². The third kappa shape index (κ3) is 5.33. The van der Waals surface area contributed by atoms with Gasteiger partial charge in [-0.15, -0.1) is 0 Å². The number of amides is 1. The highest BCUT2D eigenvalue weighted by Gasteiger charge is 2.36. The summed E-state index contributed by atoms with van der Waals surface area (Å²) in [5, 5.41) is 11.4. The molecule has 2 aromatic rings. The van der Waals surface area contributed by atoms with E-state index in [2.05, 4.69) is 29.1 Å². The van der Waals surface area contributed by atoms with E-state index in [4.69, 9.17) is 15.9 Å². The third-order valence-electron chi connectivity index (χ3n) is 6.66. The molecule has 1 saturated heterocycles. The summed E-state index contributed by atoms with van der Waals surface area (Å²) in [4.78, 5) is 23.6. The summed E-state index contributed by atoms with van der Waals surface area (Å²) in [6.07, 6.45) is 10.0. The van der Waals surface area contributed by atoms with Crippen LogP contribution in [0.15, 0.2) is 36.7 Å². The molecule has 0 radical (unpaired) electrons. The van der Waals surface area contributed by atoms with Crippen LogP contribution < -0.4 is 20.7 Å². The van der Waals surface area contributed by atoms with Gasteiger partial charge in [0.1, 0.15) is 23.0 Å². The van der Waals surface area contributed by atoms with Gasteiger partial charge in [0.05, 0.1) is 18.1 Å². The van der Waals surface area contributed by atoms with Crippen molar-refractivity contribution in [2.45, 2.75) is 76.5 Å². The highest BCUT2D eigenvalue weighted by atomic mass is 16.5. The quantitative estimate of drug-likeness (QED) is 0.321. The molecule has 33 heavy (non-hydrogen) atoms. The van der Waals surface area contributed by atoms with Gasteiger partial charge in [-0.05, 0) is 51.7 Å². The molecule has 1 fully saturated rings. The average molecular weight is 451 g/mol. The number of nitrogens with one attached hydrogen (secondary N) is 2. The zero-order valence-electron chi connectivity index (χ0n) is 19.5. The molecule has 0 aliphatic carbocycles. The van der Waals surface area contributed by atoms with Crippen molar-refractivity contribution >= 4 is 17.4 Å². The predicted octanol–water partition coefficient (Wildman–Crippen LogP) is 3.71. The Kier molecular flexibility index (Phi) is 6.93. The van der Waals surface area contributed by atoms with Gasteiger partial charge >= 0.3 is 0 Å². The molecule has 8 heteroatoms. The number of amidine groups is 1. The van der Waals surface area contributed by atoms with Crippen LogP contribution in [0.5, 0.6) is 5.75 Å². The van der Waals surface area contributed by atoms with E-state index in [1.165, 1.54) is 31.7 Å². The fourth-order valence-corrected chi connectivity index (χ4v) is 4.97. The number of benzene rings is 1. The van der Waals surface area contributed by atoms with Crippen LogP contribution in [-0.2, 0) is 4.79 Å². The molecule has 4 N–H and O–H groups in total. The van der Waals surface area contributed by atoms with Crippen LogP contribution in [0.4, 0.5) is 5.69 Å². The molecule has 2 aliphatic heterocycles. The first-order chi connectivity index (χ1) is 15.9. The van der Waals surface area contributed by atoms with Crippen LogP contribution in [0.1, 0.15) is 76.3 Å². The molecular weight excluding hydrogens is 416 g/mol. The number of nitrogens with zero attached hydrogens (tertiary/aromatic N) is 3. The number of hydrogen-bond acceptors (Lipinski definition) is 6. The predicted molar refractivity (Wildman–Crippen MR) is 129 cm³/mol. The smallest absolute Gasteiger partial charge is 0.274 e. The maximum absolute atomic E-state index is 13.4. The highest BCUT2D eigenvalue weighted by molar-refractivity contribution is 6.00. The lowest BCUT2D eigenvalue weighted by molar-refractivity contribution is -0.126. The van der Waals surface area contributed by atoms with Crippen molar-refractivity contribution in [3.8, 4) is 5.75 Å². The SMILES string of the molecule is C[C@H]1CCC[C@@](C)(CCCCCN2C(=O)C(c3cncc(C(=N)N)n3)Oc3ccccc32)N1. The summed E-state index contributed by atoms with van der Waals surface area (Å²) in [5.74, 6) is 0.281. The van der Waals surface area contributed by atoms with Crippen LogP contribution in [0.3, 0.4) is 0 Å². The van der Waals surface area contributed by atoms with Crippen LogP contribution in [0.2, 0.25) is 0 Å². The van der Waals surface area contributed by atoms with Gasteiger partial charge in [0.25, 0.3) is 5.91 Å². The number of nitrogens with two attached hydrogens (primary N) is 1. The molecule has 3 heterocycles. The van der Waals surface area contributed by atoms with Gasteiger partial charge in [-0.2, -0.15) is 0 Å². The van der Waals surface area contributed by atoms with Crippen LogP contribution in [-0.4, -0.2) is 39.8 Å². The zero-order chi connectivity index (χ0) is 23.4. The second kappa shape index (κ2) is 9.87. The van der Waals surface area contributed by atoms with Gasteiger partial charge in [-0.1, -0.05) is 31.4 Å². The number of carbonyl (C=O) groups excluding carboxylic acids is 1. The number of aromatic nitrogens is 2. The summed E-state index contributed by atoms with van der Waals surface area (Å²) in [5.41, 5.74) is 7.15. The number of ether oxygens (including phenoxy) is 1. The minimum atomic E-state index is -0.904. The first-order valence-electron chi connectivity index (χ1n) is 11.9. The Morgan fingerprint density at radius 3 is 2.91 bits per heavy atom. The number of para-hydroxylation sites is 2. The van der Waals surface area contributed by atoms with Crippen molar-refractivity contribution in [1.82, 2.24) is 15.3 Å². The number of rotatable bonds is 8. The fourth-order valence-electron chi connectivity index (χ4n) is 4.97. The third-order valence-corrected chi connectivity index (χ3v) is 6.66. The van der Waals surface area contributed by atoms with E-state index in [9.17, 15) is 4.79 Å². The lowest BCUT2D eigenvalue weighted by Gasteiger charge is -2.39. The maximum atomic E-state index is 13.4. The molecule has 1 unspecified atom stereocenters. The van der Waals surface area contributed by atoms with Gasteiger partial charge in [-0.25, -0.2) is 4.98 Å². The monoisotopic (exact) mass is 450 g/mol. The summed E-state index contributed by atoms with van der Waals surface area (Å²) in [6.45, 7) is 5.23. The van der Waals surface area contributed by atoms with Crippen molar-refractivity contribution in [2.24, 2.45) is 5.73 Å². The summed E-state index contributed by atoms with van der Waals surface area (Å²) >= 11 is 0. The van der Waals surface area contributed by atoms with Crippen molar-refractivity contribution in [1.29, 1.82) is 5.41 Å². The number of anilines is 1. The minimum Gasteiger partial charge on any atom is -0.472 e. The van der Waals surface area contributed by atoms with Crippen molar-refractivity contribution < 1.29 is 9.53 Å². The van der Waals surface area contributed by atoms with Crippen molar-refractivity contribution in [2.75, 3.05) is 11.4 Å². The van der Waals surface area contributed by atoms with Crippen LogP contribution in [0, 0.1) is 5.41 Å². The van der Waals surface area contributed by atoms with Crippen LogP contribution in [0.25, 0.3) is 0 Å². The standard InChI is InChI=1S/C25H34N6O2/c1-17-9-8-13-25(2,30-17)12-6-3-7-14-31-20-10-4-5-11-21(20)33-22(24(31)32)18-15-28-16-19(29-18)23(26)27/h4-5,10-11,15-17,22,30H,3,6-9,12-14H2,1-2H3,(H3,26,27)/t17-,22?,25+/m0/s1. The Balaban J connectivity index is 1.42. The Morgan fingerprint density at radius 1 is 1.30 bits per heavy atom. The number of fused-ring (bicyclic) bond motifs is 1. The molecule has 1 aromatic heterocycles. The van der Waals surface area contributed by atoms with E-state index in [0.717, 1.165) is 31.4 Å². The summed E-state index contributed by atoms with van der Waals surface area (Å²) < 4.78 is 6.01. The van der Waals surface area contributed by atoms with Gasteiger partial charge in [0, 0.05) is 18.1 Å². The summed E-state index contributed by atoms with van der Waals surface area (Å²) in [6, 6.07) is 8.17. The topological polar surface area (TPSA) is 117 Å². The lowest BCUT2D eigenvalue weighted by Crippen LogP contribution is -2.50. The van der Waals surface area contributed by atoms with Gasteiger partial charge in [0.2, 0.25) is 6.10 Å². The largest absolute Gasteiger partial charge is 0.472 e. The highest BCUT2D eigenvalue weighted by Crippen LogP contribution is 2.38. The molecule has 176 valence electrons. The van der Waals surface area contributed by atoms with Crippen LogP contribution >= 0.6 is 0 Å². The number of unbranched alkanes of at least 4 members (excludes halogenated alkanes) is 2. The molecule has 0 saturated carbocycles. The normalized spacial score (nSPS) is 24.8. The van der Waals surface area contributed by atoms with Crippen molar-refractivity contribution in [3.05, 3.63) is 48.0 Å². The molecule has 0 bridgehead atoms. The second-order valence-corrected chi connectivity index (χ2v) is 9.51. The molecular formula is C25H34N6O2. The number of piperidine rings is 1.